The van der Waals surface area contributed by atoms with Crippen LogP contribution in [0.4, 0.5) is 5.69 Å². The minimum Gasteiger partial charge on any atom is -0.481 e. The van der Waals surface area contributed by atoms with Crippen LogP contribution in [0, 0.1) is 11.8 Å². The van der Waals surface area contributed by atoms with Crippen molar-refractivity contribution in [2.45, 2.75) is 44.6 Å². The second kappa shape index (κ2) is 7.89. The van der Waals surface area contributed by atoms with Crippen molar-refractivity contribution in [1.82, 2.24) is 4.90 Å². The molecule has 1 saturated carbocycles. The third kappa shape index (κ3) is 3.74. The van der Waals surface area contributed by atoms with Gasteiger partial charge >= 0.3 is 5.97 Å². The lowest BCUT2D eigenvalue weighted by Crippen LogP contribution is -2.54. The minimum absolute atomic E-state index is 0.0258. The van der Waals surface area contributed by atoms with Gasteiger partial charge in [0.2, 0.25) is 11.8 Å². The highest BCUT2D eigenvalue weighted by molar-refractivity contribution is 6.00. The normalized spacial score (nSPS) is 26.4. The molecule has 1 saturated heterocycles. The fourth-order valence-electron chi connectivity index (χ4n) is 4.11. The molecule has 1 heterocycles. The van der Waals surface area contributed by atoms with Crippen molar-refractivity contribution in [3.63, 3.8) is 0 Å². The first-order valence-electron chi connectivity index (χ1n) is 9.35. The SMILES string of the molecule is CN(C(=O)C1CCC(C(=O)O)CC1)C1CCCN(c2ccccc2)C1=O. The number of carboxylic acid groups (broad SMARTS) is 1. The summed E-state index contributed by atoms with van der Waals surface area (Å²) in [6.07, 6.45) is 3.78. The third-order valence-corrected chi connectivity index (χ3v) is 5.72. The van der Waals surface area contributed by atoms with Gasteiger partial charge in [-0.25, -0.2) is 0 Å². The number of carboxylic acids is 1. The summed E-state index contributed by atoms with van der Waals surface area (Å²) in [6.45, 7) is 0.672. The Balaban J connectivity index is 1.65. The monoisotopic (exact) mass is 358 g/mol. The van der Waals surface area contributed by atoms with Crippen molar-refractivity contribution < 1.29 is 19.5 Å². The Morgan fingerprint density at radius 3 is 2.27 bits per heavy atom. The Morgan fingerprint density at radius 1 is 1.04 bits per heavy atom. The molecule has 1 unspecified atom stereocenters. The van der Waals surface area contributed by atoms with E-state index < -0.39 is 12.0 Å². The quantitative estimate of drug-likeness (QED) is 0.897. The van der Waals surface area contributed by atoms with Gasteiger partial charge < -0.3 is 14.9 Å². The van der Waals surface area contributed by atoms with E-state index in [9.17, 15) is 14.4 Å². The van der Waals surface area contributed by atoms with Gasteiger partial charge in [0.1, 0.15) is 6.04 Å². The summed E-state index contributed by atoms with van der Waals surface area (Å²) < 4.78 is 0. The molecule has 1 aliphatic carbocycles. The maximum absolute atomic E-state index is 13.0. The molecule has 3 rings (SSSR count). The van der Waals surface area contributed by atoms with Gasteiger partial charge in [-0.15, -0.1) is 0 Å². The number of nitrogens with zero attached hydrogens (tertiary/aromatic N) is 2. The van der Waals surface area contributed by atoms with E-state index in [1.54, 1.807) is 16.8 Å². The van der Waals surface area contributed by atoms with Gasteiger partial charge in [-0.3, -0.25) is 14.4 Å². The second-order valence-electron chi connectivity index (χ2n) is 7.32. The van der Waals surface area contributed by atoms with E-state index in [2.05, 4.69) is 0 Å². The molecular weight excluding hydrogens is 332 g/mol. The number of piperidine rings is 1. The van der Waals surface area contributed by atoms with Gasteiger partial charge in [-0.05, 0) is 50.7 Å². The van der Waals surface area contributed by atoms with Crippen LogP contribution < -0.4 is 4.90 Å². The van der Waals surface area contributed by atoms with Crippen LogP contribution >= 0.6 is 0 Å². The first-order valence-corrected chi connectivity index (χ1v) is 9.35. The van der Waals surface area contributed by atoms with Crippen LogP contribution in [0.2, 0.25) is 0 Å². The Bertz CT molecular complexity index is 668. The molecule has 0 spiro atoms. The number of carbonyl (C=O) groups is 3. The molecule has 6 nitrogen and oxygen atoms in total. The zero-order valence-corrected chi connectivity index (χ0v) is 15.1. The first kappa shape index (κ1) is 18.4. The van der Waals surface area contributed by atoms with E-state index in [0.717, 1.165) is 12.1 Å². The predicted molar refractivity (Wildman–Crippen MR) is 97.7 cm³/mol. The molecular formula is C20H26N2O4. The number of rotatable bonds is 4. The number of aliphatic carboxylic acids is 1. The fourth-order valence-corrected chi connectivity index (χ4v) is 4.11. The number of anilines is 1. The highest BCUT2D eigenvalue weighted by atomic mass is 16.4. The van der Waals surface area contributed by atoms with Crippen LogP contribution in [0.1, 0.15) is 38.5 Å². The molecule has 1 atom stereocenters. The second-order valence-corrected chi connectivity index (χ2v) is 7.32. The summed E-state index contributed by atoms with van der Waals surface area (Å²) in [5, 5.41) is 9.10. The smallest absolute Gasteiger partial charge is 0.306 e. The van der Waals surface area contributed by atoms with Gasteiger partial charge in [0.25, 0.3) is 0 Å². The number of para-hydroxylation sites is 1. The Kier molecular flexibility index (Phi) is 5.59. The number of carbonyl (C=O) groups excluding carboxylic acids is 2. The van der Waals surface area contributed by atoms with Crippen molar-refractivity contribution in [2.75, 3.05) is 18.5 Å². The van der Waals surface area contributed by atoms with E-state index in [0.29, 0.717) is 38.6 Å². The topological polar surface area (TPSA) is 77.9 Å². The Hall–Kier alpha value is -2.37. The van der Waals surface area contributed by atoms with Crippen LogP contribution in [-0.2, 0) is 14.4 Å². The highest BCUT2D eigenvalue weighted by Crippen LogP contribution is 2.31. The number of amides is 2. The van der Waals surface area contributed by atoms with Gasteiger partial charge in [0, 0.05) is 25.2 Å². The third-order valence-electron chi connectivity index (χ3n) is 5.72. The summed E-state index contributed by atoms with van der Waals surface area (Å²) in [4.78, 5) is 40.3. The number of hydrogen-bond acceptors (Lipinski definition) is 3. The van der Waals surface area contributed by atoms with Crippen molar-refractivity contribution >= 4 is 23.5 Å². The lowest BCUT2D eigenvalue weighted by atomic mass is 9.81. The molecule has 6 heteroatoms. The van der Waals surface area contributed by atoms with Crippen molar-refractivity contribution in [3.05, 3.63) is 30.3 Å². The fraction of sp³-hybridized carbons (Fsp3) is 0.550. The van der Waals surface area contributed by atoms with E-state index in [1.165, 1.54) is 0 Å². The zero-order valence-electron chi connectivity index (χ0n) is 15.1. The molecule has 1 aromatic carbocycles. The lowest BCUT2D eigenvalue weighted by Gasteiger charge is -2.38. The van der Waals surface area contributed by atoms with E-state index in [-0.39, 0.29) is 23.7 Å². The standard InChI is InChI=1S/C20H26N2O4/c1-21(18(23)14-9-11-15(12-10-14)20(25)26)17-8-5-13-22(19(17)24)16-6-3-2-4-7-16/h2-4,6-7,14-15,17H,5,8-13H2,1H3,(H,25,26). The largest absolute Gasteiger partial charge is 0.481 e. The summed E-state index contributed by atoms with van der Waals surface area (Å²) in [7, 11) is 1.71. The zero-order chi connectivity index (χ0) is 18.7. The number of hydrogen-bond donors (Lipinski definition) is 1. The molecule has 26 heavy (non-hydrogen) atoms. The molecule has 0 radical (unpaired) electrons. The summed E-state index contributed by atoms with van der Waals surface area (Å²) >= 11 is 0. The molecule has 0 aromatic heterocycles. The molecule has 140 valence electrons. The van der Waals surface area contributed by atoms with E-state index >= 15 is 0 Å². The molecule has 2 amide bonds. The molecule has 1 aliphatic heterocycles. The molecule has 1 aromatic rings. The van der Waals surface area contributed by atoms with Crippen LogP contribution in [0.25, 0.3) is 0 Å². The van der Waals surface area contributed by atoms with Crippen molar-refractivity contribution in [3.8, 4) is 0 Å². The maximum Gasteiger partial charge on any atom is 0.306 e. The van der Waals surface area contributed by atoms with Gasteiger partial charge in [-0.2, -0.15) is 0 Å². The summed E-state index contributed by atoms with van der Waals surface area (Å²) in [5.41, 5.74) is 0.866. The number of likely N-dealkylation sites (N-methyl/N-ethyl adjacent to an activating group) is 1. The molecule has 2 aliphatic rings. The Labute approximate surface area is 153 Å². The van der Waals surface area contributed by atoms with Crippen LogP contribution in [0.5, 0.6) is 0 Å². The minimum atomic E-state index is -0.773. The van der Waals surface area contributed by atoms with Crippen molar-refractivity contribution in [1.29, 1.82) is 0 Å². The predicted octanol–water partition coefficient (Wildman–Crippen LogP) is 2.53. The lowest BCUT2D eigenvalue weighted by molar-refractivity contribution is -0.147. The molecule has 2 fully saturated rings. The van der Waals surface area contributed by atoms with E-state index in [1.807, 2.05) is 30.3 Å². The maximum atomic E-state index is 13.0. The average Bonchev–Trinajstić information content (AvgIpc) is 2.68. The number of benzene rings is 1. The van der Waals surface area contributed by atoms with Crippen LogP contribution in [-0.4, -0.2) is 47.4 Å². The summed E-state index contributed by atoms with van der Waals surface area (Å²) in [5.74, 6) is -1.34. The van der Waals surface area contributed by atoms with Crippen molar-refractivity contribution in [2.24, 2.45) is 11.8 Å². The van der Waals surface area contributed by atoms with Gasteiger partial charge in [-0.1, -0.05) is 18.2 Å². The summed E-state index contributed by atoms with van der Waals surface area (Å²) in [6, 6.07) is 9.11. The van der Waals surface area contributed by atoms with Gasteiger partial charge in [0.15, 0.2) is 0 Å². The average molecular weight is 358 g/mol. The Morgan fingerprint density at radius 2 is 1.65 bits per heavy atom. The first-order chi connectivity index (χ1) is 12.5. The molecule has 1 N–H and O–H groups in total. The molecule has 0 bridgehead atoms. The van der Waals surface area contributed by atoms with E-state index in [4.69, 9.17) is 5.11 Å². The van der Waals surface area contributed by atoms with Crippen LogP contribution in [0.3, 0.4) is 0 Å². The van der Waals surface area contributed by atoms with Crippen LogP contribution in [0.15, 0.2) is 30.3 Å². The highest BCUT2D eigenvalue weighted by Gasteiger charge is 2.38. The van der Waals surface area contributed by atoms with Gasteiger partial charge in [0.05, 0.1) is 5.92 Å².